The highest BCUT2D eigenvalue weighted by molar-refractivity contribution is 5.79. The van der Waals surface area contributed by atoms with Gasteiger partial charge in [-0.15, -0.1) is 0 Å². The van der Waals surface area contributed by atoms with Gasteiger partial charge < -0.3 is 15.5 Å². The predicted molar refractivity (Wildman–Crippen MR) is 51.8 cm³/mol. The Morgan fingerprint density at radius 3 is 2.64 bits per heavy atom. The molecule has 0 aromatic heterocycles. The van der Waals surface area contributed by atoms with Crippen molar-refractivity contribution in [2.75, 3.05) is 6.54 Å². The summed E-state index contributed by atoms with van der Waals surface area (Å²) in [5.74, 6) is -0.619. The number of hydrogen-bond donors (Lipinski definition) is 3. The van der Waals surface area contributed by atoms with E-state index in [1.807, 2.05) is 0 Å². The molecule has 0 saturated carbocycles. The van der Waals surface area contributed by atoms with Crippen LogP contribution in [-0.4, -0.2) is 22.7 Å². The number of phenolic OH excluding ortho intramolecular Hbond substituents is 2. The first-order chi connectivity index (χ1) is 6.59. The first-order valence-electron chi connectivity index (χ1n) is 4.20. The lowest BCUT2D eigenvalue weighted by Crippen LogP contribution is -2.22. The second kappa shape index (κ2) is 4.50. The van der Waals surface area contributed by atoms with E-state index in [4.69, 9.17) is 10.2 Å². The quantitative estimate of drug-likeness (QED) is 0.617. The van der Waals surface area contributed by atoms with Crippen LogP contribution in [0.4, 0.5) is 0 Å². The van der Waals surface area contributed by atoms with Crippen molar-refractivity contribution in [1.29, 1.82) is 0 Å². The smallest absolute Gasteiger partial charge is 0.220 e. The van der Waals surface area contributed by atoms with Gasteiger partial charge in [-0.3, -0.25) is 4.79 Å². The van der Waals surface area contributed by atoms with E-state index in [9.17, 15) is 4.79 Å². The summed E-state index contributed by atoms with van der Waals surface area (Å²) in [5, 5.41) is 20.7. The number of hydrogen-bond acceptors (Lipinski definition) is 3. The zero-order valence-corrected chi connectivity index (χ0v) is 7.66. The summed E-state index contributed by atoms with van der Waals surface area (Å²) in [4.78, 5) is 10.4. The molecule has 0 atom stereocenters. The Morgan fingerprint density at radius 1 is 1.36 bits per heavy atom. The van der Waals surface area contributed by atoms with Crippen LogP contribution in [0.3, 0.4) is 0 Å². The van der Waals surface area contributed by atoms with Crippen molar-refractivity contribution in [2.24, 2.45) is 0 Å². The van der Waals surface area contributed by atoms with E-state index in [1.54, 1.807) is 6.07 Å². The van der Waals surface area contributed by atoms with Crippen molar-refractivity contribution in [3.8, 4) is 11.5 Å². The maximum Gasteiger partial charge on any atom is 0.220 e. The first kappa shape index (κ1) is 10.4. The molecule has 0 aliphatic heterocycles. The Kier molecular flexibility index (Phi) is 3.34. The standard InChI is InChI=1S/C10H12NO3/c1-7(12)11-5-4-8-2-3-9(13)10(14)6-8/h2-3,6,13-14H,1,4-5H2,(H,11,12). The molecule has 0 spiro atoms. The molecule has 75 valence electrons. The highest BCUT2D eigenvalue weighted by Crippen LogP contribution is 2.24. The number of carbonyl (C=O) groups excluding carboxylic acids is 1. The third kappa shape index (κ3) is 2.97. The van der Waals surface area contributed by atoms with Crippen molar-refractivity contribution in [3.63, 3.8) is 0 Å². The van der Waals surface area contributed by atoms with Gasteiger partial charge in [0, 0.05) is 13.5 Å². The van der Waals surface area contributed by atoms with E-state index in [1.165, 1.54) is 12.1 Å². The maximum atomic E-state index is 10.4. The summed E-state index contributed by atoms with van der Waals surface area (Å²) < 4.78 is 0. The molecule has 1 radical (unpaired) electrons. The summed E-state index contributed by atoms with van der Waals surface area (Å²) in [7, 11) is 0. The number of amides is 1. The van der Waals surface area contributed by atoms with Crippen molar-refractivity contribution >= 4 is 5.91 Å². The Balaban J connectivity index is 2.51. The number of carbonyl (C=O) groups is 1. The van der Waals surface area contributed by atoms with E-state index in [0.29, 0.717) is 13.0 Å². The minimum absolute atomic E-state index is 0.144. The van der Waals surface area contributed by atoms with Gasteiger partial charge in [0.25, 0.3) is 0 Å². The molecular formula is C10H12NO3. The number of benzene rings is 1. The van der Waals surface area contributed by atoms with Gasteiger partial charge in [0.15, 0.2) is 11.5 Å². The summed E-state index contributed by atoms with van der Waals surface area (Å²) in [6, 6.07) is 4.56. The highest BCUT2D eigenvalue weighted by Gasteiger charge is 2.00. The molecule has 1 amide bonds. The fourth-order valence-electron chi connectivity index (χ4n) is 1.07. The average Bonchev–Trinajstić information content (AvgIpc) is 2.10. The van der Waals surface area contributed by atoms with Gasteiger partial charge in [-0.25, -0.2) is 0 Å². The maximum absolute atomic E-state index is 10.4. The lowest BCUT2D eigenvalue weighted by molar-refractivity contribution is -0.116. The lowest BCUT2D eigenvalue weighted by atomic mass is 10.1. The normalized spacial score (nSPS) is 9.79. The first-order valence-corrected chi connectivity index (χ1v) is 4.20. The minimum atomic E-state index is -0.326. The number of nitrogens with one attached hydrogen (secondary N) is 1. The lowest BCUT2D eigenvalue weighted by Gasteiger charge is -2.03. The molecule has 4 nitrogen and oxygen atoms in total. The van der Waals surface area contributed by atoms with Crippen molar-refractivity contribution in [3.05, 3.63) is 30.7 Å². The van der Waals surface area contributed by atoms with Gasteiger partial charge in [0.2, 0.25) is 5.91 Å². The molecule has 0 bridgehead atoms. The molecule has 0 aliphatic rings. The fourth-order valence-corrected chi connectivity index (χ4v) is 1.07. The summed E-state index contributed by atoms with van der Waals surface area (Å²) >= 11 is 0. The fraction of sp³-hybridized carbons (Fsp3) is 0.200. The van der Waals surface area contributed by atoms with E-state index < -0.39 is 0 Å². The minimum Gasteiger partial charge on any atom is -0.504 e. The molecule has 0 unspecified atom stereocenters. The topological polar surface area (TPSA) is 69.6 Å². The molecule has 0 heterocycles. The predicted octanol–water partition coefficient (Wildman–Crippen LogP) is 0.591. The van der Waals surface area contributed by atoms with Gasteiger partial charge in [-0.2, -0.15) is 0 Å². The molecule has 1 rings (SSSR count). The third-order valence-corrected chi connectivity index (χ3v) is 1.78. The number of aromatic hydroxyl groups is 2. The van der Waals surface area contributed by atoms with Crippen LogP contribution in [0.25, 0.3) is 0 Å². The summed E-state index contributed by atoms with van der Waals surface area (Å²) in [6.45, 7) is 3.63. The Hall–Kier alpha value is -1.71. The van der Waals surface area contributed by atoms with Crippen LogP contribution < -0.4 is 5.32 Å². The molecule has 14 heavy (non-hydrogen) atoms. The molecule has 1 aromatic rings. The van der Waals surface area contributed by atoms with Crippen LogP contribution in [0.1, 0.15) is 5.56 Å². The monoisotopic (exact) mass is 194 g/mol. The van der Waals surface area contributed by atoms with Crippen molar-refractivity contribution in [2.45, 2.75) is 6.42 Å². The van der Waals surface area contributed by atoms with Gasteiger partial charge in [0.05, 0.1) is 0 Å². The van der Waals surface area contributed by atoms with E-state index in [-0.39, 0.29) is 17.4 Å². The van der Waals surface area contributed by atoms with Gasteiger partial charge in [0.1, 0.15) is 0 Å². The van der Waals surface area contributed by atoms with Crippen LogP contribution in [0.5, 0.6) is 11.5 Å². The van der Waals surface area contributed by atoms with E-state index in [0.717, 1.165) is 5.56 Å². The van der Waals surface area contributed by atoms with Crippen molar-refractivity contribution < 1.29 is 15.0 Å². The van der Waals surface area contributed by atoms with Crippen molar-refractivity contribution in [1.82, 2.24) is 5.32 Å². The SMILES string of the molecule is [CH2]C(=O)NCCc1ccc(O)c(O)c1. The third-order valence-electron chi connectivity index (χ3n) is 1.78. The Labute approximate surface area is 82.2 Å². The zero-order chi connectivity index (χ0) is 10.6. The number of phenols is 2. The summed E-state index contributed by atoms with van der Waals surface area (Å²) in [5.41, 5.74) is 0.842. The van der Waals surface area contributed by atoms with Crippen LogP contribution >= 0.6 is 0 Å². The molecule has 3 N–H and O–H groups in total. The summed E-state index contributed by atoms with van der Waals surface area (Å²) in [6.07, 6.45) is 0.592. The largest absolute Gasteiger partial charge is 0.504 e. The Bertz CT molecular complexity index is 336. The van der Waals surface area contributed by atoms with Gasteiger partial charge in [-0.05, 0) is 24.1 Å². The molecule has 0 fully saturated rings. The molecule has 0 aliphatic carbocycles. The van der Waals surface area contributed by atoms with Crippen LogP contribution in [0.2, 0.25) is 0 Å². The number of rotatable bonds is 3. The van der Waals surface area contributed by atoms with E-state index in [2.05, 4.69) is 12.2 Å². The van der Waals surface area contributed by atoms with Crippen LogP contribution in [0.15, 0.2) is 18.2 Å². The molecule has 1 aromatic carbocycles. The van der Waals surface area contributed by atoms with Gasteiger partial charge >= 0.3 is 0 Å². The molecular weight excluding hydrogens is 182 g/mol. The average molecular weight is 194 g/mol. The second-order valence-electron chi connectivity index (χ2n) is 2.92. The Morgan fingerprint density at radius 2 is 2.07 bits per heavy atom. The molecule has 4 heteroatoms. The highest BCUT2D eigenvalue weighted by atomic mass is 16.3. The van der Waals surface area contributed by atoms with Gasteiger partial charge in [-0.1, -0.05) is 6.07 Å². The van der Waals surface area contributed by atoms with Crippen LogP contribution in [0, 0.1) is 6.92 Å². The van der Waals surface area contributed by atoms with E-state index >= 15 is 0 Å². The second-order valence-corrected chi connectivity index (χ2v) is 2.92. The zero-order valence-electron chi connectivity index (χ0n) is 7.66. The van der Waals surface area contributed by atoms with Crippen LogP contribution in [-0.2, 0) is 11.2 Å². The molecule has 0 saturated heterocycles.